The van der Waals surface area contributed by atoms with Gasteiger partial charge in [0.1, 0.15) is 5.82 Å². The number of carbonyl (C=O) groups is 1. The van der Waals surface area contributed by atoms with E-state index < -0.39 is 11.7 Å². The van der Waals surface area contributed by atoms with Crippen LogP contribution >= 0.6 is 11.3 Å². The summed E-state index contributed by atoms with van der Waals surface area (Å²) in [5.41, 5.74) is 2.15. The van der Waals surface area contributed by atoms with Gasteiger partial charge in [-0.1, -0.05) is 18.2 Å². The van der Waals surface area contributed by atoms with Crippen LogP contribution in [0, 0.1) is 17.1 Å². The molecule has 0 fully saturated rings. The minimum atomic E-state index is -0.546. The molecule has 1 heterocycles. The standard InChI is InChI=1S/C17H11FN4OS/c18-14-3-1-2-13(8-14)16(23)22(20)17-21-15(10-24-17)12-6-4-11(9-19)5-7-12/h1-8,10H,20H2. The third kappa shape index (κ3) is 3.15. The zero-order valence-corrected chi connectivity index (χ0v) is 13.1. The first-order valence-electron chi connectivity index (χ1n) is 6.89. The molecule has 5 nitrogen and oxygen atoms in total. The predicted molar refractivity (Wildman–Crippen MR) is 89.7 cm³/mol. The van der Waals surface area contributed by atoms with Gasteiger partial charge in [-0.15, -0.1) is 11.3 Å². The first-order chi connectivity index (χ1) is 11.6. The van der Waals surface area contributed by atoms with Crippen molar-refractivity contribution in [2.45, 2.75) is 0 Å². The van der Waals surface area contributed by atoms with Crippen molar-refractivity contribution >= 4 is 22.4 Å². The Balaban J connectivity index is 1.84. The molecule has 0 radical (unpaired) electrons. The monoisotopic (exact) mass is 338 g/mol. The van der Waals surface area contributed by atoms with Gasteiger partial charge in [0.25, 0.3) is 5.91 Å². The van der Waals surface area contributed by atoms with Crippen LogP contribution in [0.1, 0.15) is 15.9 Å². The lowest BCUT2D eigenvalue weighted by Gasteiger charge is -2.12. The minimum Gasteiger partial charge on any atom is -0.267 e. The number of nitrogens with zero attached hydrogens (tertiary/aromatic N) is 3. The molecule has 24 heavy (non-hydrogen) atoms. The van der Waals surface area contributed by atoms with Gasteiger partial charge in [0, 0.05) is 16.5 Å². The van der Waals surface area contributed by atoms with Gasteiger partial charge in [-0.25, -0.2) is 20.2 Å². The van der Waals surface area contributed by atoms with Gasteiger partial charge < -0.3 is 0 Å². The molecule has 2 N–H and O–H groups in total. The van der Waals surface area contributed by atoms with E-state index in [0.29, 0.717) is 16.4 Å². The summed E-state index contributed by atoms with van der Waals surface area (Å²) < 4.78 is 13.2. The van der Waals surface area contributed by atoms with E-state index >= 15 is 0 Å². The van der Waals surface area contributed by atoms with Crippen molar-refractivity contribution < 1.29 is 9.18 Å². The molecule has 1 amide bonds. The van der Waals surface area contributed by atoms with E-state index in [9.17, 15) is 9.18 Å². The molecular weight excluding hydrogens is 327 g/mol. The average Bonchev–Trinajstić information content (AvgIpc) is 3.10. The van der Waals surface area contributed by atoms with Crippen LogP contribution in [0.15, 0.2) is 53.9 Å². The van der Waals surface area contributed by atoms with Crippen molar-refractivity contribution in [1.29, 1.82) is 5.26 Å². The summed E-state index contributed by atoms with van der Waals surface area (Å²) in [5, 5.41) is 11.8. The summed E-state index contributed by atoms with van der Waals surface area (Å²) in [7, 11) is 0. The summed E-state index contributed by atoms with van der Waals surface area (Å²) in [4.78, 5) is 16.6. The Morgan fingerprint density at radius 2 is 2.00 bits per heavy atom. The van der Waals surface area contributed by atoms with Gasteiger partial charge >= 0.3 is 0 Å². The molecule has 0 aliphatic carbocycles. The Morgan fingerprint density at radius 1 is 1.25 bits per heavy atom. The van der Waals surface area contributed by atoms with E-state index in [1.54, 1.807) is 29.6 Å². The quantitative estimate of drug-likeness (QED) is 0.451. The maximum absolute atomic E-state index is 13.2. The molecule has 2 aromatic carbocycles. The van der Waals surface area contributed by atoms with Crippen LogP contribution in [0.4, 0.5) is 9.52 Å². The van der Waals surface area contributed by atoms with Crippen LogP contribution in [0.2, 0.25) is 0 Å². The Morgan fingerprint density at radius 3 is 2.67 bits per heavy atom. The smallest absolute Gasteiger partial charge is 0.267 e. The van der Waals surface area contributed by atoms with Gasteiger partial charge in [-0.05, 0) is 30.3 Å². The molecule has 3 aromatic rings. The number of thiazole rings is 1. The number of amides is 1. The number of nitriles is 1. The summed E-state index contributed by atoms with van der Waals surface area (Å²) in [6, 6.07) is 14.3. The summed E-state index contributed by atoms with van der Waals surface area (Å²) in [6.07, 6.45) is 0. The maximum Gasteiger partial charge on any atom is 0.274 e. The molecule has 3 rings (SSSR count). The molecule has 0 aliphatic rings. The molecule has 118 valence electrons. The topological polar surface area (TPSA) is 83.0 Å². The van der Waals surface area contributed by atoms with Crippen LogP contribution in [0.5, 0.6) is 0 Å². The maximum atomic E-state index is 13.2. The molecule has 0 saturated carbocycles. The second-order valence-electron chi connectivity index (χ2n) is 4.89. The third-order valence-corrected chi connectivity index (χ3v) is 4.14. The highest BCUT2D eigenvalue weighted by Gasteiger charge is 2.18. The Labute approximate surface area is 141 Å². The second kappa shape index (κ2) is 6.58. The second-order valence-corrected chi connectivity index (χ2v) is 5.73. The SMILES string of the molecule is N#Cc1ccc(-c2csc(N(N)C(=O)c3cccc(F)c3)n2)cc1. The minimum absolute atomic E-state index is 0.146. The van der Waals surface area contributed by atoms with Gasteiger partial charge in [-0.3, -0.25) is 4.79 Å². The number of anilines is 1. The molecule has 7 heteroatoms. The number of aromatic nitrogens is 1. The van der Waals surface area contributed by atoms with E-state index in [0.717, 1.165) is 16.6 Å². The van der Waals surface area contributed by atoms with Gasteiger partial charge in [-0.2, -0.15) is 5.26 Å². The van der Waals surface area contributed by atoms with Crippen molar-refractivity contribution in [2.75, 3.05) is 5.01 Å². The van der Waals surface area contributed by atoms with Crippen molar-refractivity contribution in [3.8, 4) is 17.3 Å². The summed E-state index contributed by atoms with van der Waals surface area (Å²) in [5.74, 6) is 4.77. The van der Waals surface area contributed by atoms with Crippen LogP contribution < -0.4 is 10.9 Å². The predicted octanol–water partition coefficient (Wildman–Crippen LogP) is 3.34. The van der Waals surface area contributed by atoms with Gasteiger partial charge in [0.2, 0.25) is 5.13 Å². The molecule has 0 aliphatic heterocycles. The Hall–Kier alpha value is -3.08. The number of rotatable bonds is 3. The van der Waals surface area contributed by atoms with E-state index in [1.165, 1.54) is 29.5 Å². The first kappa shape index (κ1) is 15.8. The van der Waals surface area contributed by atoms with Crippen molar-refractivity contribution in [1.82, 2.24) is 4.98 Å². The van der Waals surface area contributed by atoms with E-state index in [1.807, 2.05) is 6.07 Å². The van der Waals surface area contributed by atoms with Gasteiger partial charge in [0.15, 0.2) is 0 Å². The Kier molecular flexibility index (Phi) is 4.33. The van der Waals surface area contributed by atoms with Crippen molar-refractivity contribution in [3.05, 3.63) is 70.9 Å². The fraction of sp³-hybridized carbons (Fsp3) is 0. The average molecular weight is 338 g/mol. The molecule has 0 atom stereocenters. The van der Waals surface area contributed by atoms with E-state index in [-0.39, 0.29) is 5.56 Å². The highest BCUT2D eigenvalue weighted by Crippen LogP contribution is 2.27. The number of hydrazine groups is 1. The van der Waals surface area contributed by atoms with Crippen molar-refractivity contribution in [2.24, 2.45) is 5.84 Å². The molecule has 0 saturated heterocycles. The highest BCUT2D eigenvalue weighted by molar-refractivity contribution is 7.14. The first-order valence-corrected chi connectivity index (χ1v) is 7.77. The molecule has 0 bridgehead atoms. The van der Waals surface area contributed by atoms with Crippen LogP contribution in [-0.2, 0) is 0 Å². The lowest BCUT2D eigenvalue weighted by Crippen LogP contribution is -2.37. The summed E-state index contributed by atoms with van der Waals surface area (Å²) >= 11 is 1.20. The molecule has 1 aromatic heterocycles. The normalized spacial score (nSPS) is 10.2. The molecule has 0 spiro atoms. The fourth-order valence-corrected chi connectivity index (χ4v) is 2.82. The van der Waals surface area contributed by atoms with Crippen LogP contribution in [0.25, 0.3) is 11.3 Å². The van der Waals surface area contributed by atoms with Crippen molar-refractivity contribution in [3.63, 3.8) is 0 Å². The fourth-order valence-electron chi connectivity index (χ4n) is 2.07. The highest BCUT2D eigenvalue weighted by atomic mass is 32.1. The lowest BCUT2D eigenvalue weighted by molar-refractivity contribution is 0.0986. The number of hydrogen-bond acceptors (Lipinski definition) is 5. The summed E-state index contributed by atoms with van der Waals surface area (Å²) in [6.45, 7) is 0. The van der Waals surface area contributed by atoms with Crippen LogP contribution in [-0.4, -0.2) is 10.9 Å². The zero-order chi connectivity index (χ0) is 17.1. The Bertz CT molecular complexity index is 930. The third-order valence-electron chi connectivity index (χ3n) is 3.30. The number of carbonyl (C=O) groups excluding carboxylic acids is 1. The van der Waals surface area contributed by atoms with E-state index in [2.05, 4.69) is 4.98 Å². The number of nitrogens with two attached hydrogens (primary N) is 1. The zero-order valence-electron chi connectivity index (χ0n) is 12.3. The number of hydrogen-bond donors (Lipinski definition) is 1. The largest absolute Gasteiger partial charge is 0.274 e. The van der Waals surface area contributed by atoms with E-state index in [4.69, 9.17) is 11.1 Å². The lowest BCUT2D eigenvalue weighted by atomic mass is 10.1. The number of benzene rings is 2. The van der Waals surface area contributed by atoms with Gasteiger partial charge in [0.05, 0.1) is 17.3 Å². The molecular formula is C17H11FN4OS. The number of halogens is 1. The van der Waals surface area contributed by atoms with Crippen LogP contribution in [0.3, 0.4) is 0 Å². The molecule has 0 unspecified atom stereocenters.